The predicted octanol–water partition coefficient (Wildman–Crippen LogP) is 1.61. The lowest BCUT2D eigenvalue weighted by Gasteiger charge is -2.32. The molecule has 1 heterocycles. The summed E-state index contributed by atoms with van der Waals surface area (Å²) < 4.78 is 0. The number of nitrogens with zero attached hydrogens (tertiary/aromatic N) is 1. The first-order valence-electron chi connectivity index (χ1n) is 6.63. The molecule has 0 radical (unpaired) electrons. The van der Waals surface area contributed by atoms with Crippen LogP contribution in [-0.4, -0.2) is 47.3 Å². The summed E-state index contributed by atoms with van der Waals surface area (Å²) in [5.74, 6) is 0. The third-order valence-corrected chi connectivity index (χ3v) is 3.65. The Morgan fingerprint density at radius 3 is 2.62 bits per heavy atom. The Balaban J connectivity index is 2.42. The highest BCUT2D eigenvalue weighted by atomic mass is 16.3. The molecular formula is C13H28N2O. The molecule has 0 spiro atoms. The van der Waals surface area contributed by atoms with E-state index in [9.17, 15) is 5.11 Å². The predicted molar refractivity (Wildman–Crippen MR) is 68.6 cm³/mol. The van der Waals surface area contributed by atoms with Gasteiger partial charge in [-0.1, -0.05) is 13.3 Å². The summed E-state index contributed by atoms with van der Waals surface area (Å²) in [5.41, 5.74) is -0.0909. The van der Waals surface area contributed by atoms with Crippen LogP contribution in [0.25, 0.3) is 0 Å². The van der Waals surface area contributed by atoms with Gasteiger partial charge in [-0.3, -0.25) is 4.90 Å². The van der Waals surface area contributed by atoms with E-state index in [0.717, 1.165) is 19.4 Å². The molecule has 0 aromatic carbocycles. The highest BCUT2D eigenvalue weighted by molar-refractivity contribution is 4.91. The van der Waals surface area contributed by atoms with Crippen molar-refractivity contribution >= 4 is 0 Å². The maximum atomic E-state index is 9.48. The van der Waals surface area contributed by atoms with Crippen molar-refractivity contribution in [3.63, 3.8) is 0 Å². The van der Waals surface area contributed by atoms with Crippen molar-refractivity contribution in [3.05, 3.63) is 0 Å². The molecule has 2 atom stereocenters. The van der Waals surface area contributed by atoms with Crippen LogP contribution >= 0.6 is 0 Å². The van der Waals surface area contributed by atoms with Crippen LogP contribution in [0, 0.1) is 0 Å². The zero-order chi connectivity index (χ0) is 12.2. The van der Waals surface area contributed by atoms with E-state index in [-0.39, 0.29) is 12.1 Å². The van der Waals surface area contributed by atoms with Gasteiger partial charge in [0.2, 0.25) is 0 Å². The molecule has 2 unspecified atom stereocenters. The molecule has 16 heavy (non-hydrogen) atoms. The summed E-state index contributed by atoms with van der Waals surface area (Å²) >= 11 is 0. The smallest absolute Gasteiger partial charge is 0.0610 e. The van der Waals surface area contributed by atoms with Gasteiger partial charge in [-0.25, -0.2) is 0 Å². The first kappa shape index (κ1) is 13.9. The average molecular weight is 228 g/mol. The Bertz CT molecular complexity index is 208. The van der Waals surface area contributed by atoms with Gasteiger partial charge in [-0.05, 0) is 40.2 Å². The Morgan fingerprint density at radius 2 is 2.19 bits per heavy atom. The van der Waals surface area contributed by atoms with Crippen molar-refractivity contribution in [3.8, 4) is 0 Å². The van der Waals surface area contributed by atoms with Crippen LogP contribution < -0.4 is 5.32 Å². The summed E-state index contributed by atoms with van der Waals surface area (Å²) in [7, 11) is 0. The van der Waals surface area contributed by atoms with Crippen LogP contribution in [0.5, 0.6) is 0 Å². The molecule has 0 aromatic heterocycles. The van der Waals surface area contributed by atoms with E-state index >= 15 is 0 Å². The largest absolute Gasteiger partial charge is 0.394 e. The Kier molecular flexibility index (Phi) is 5.22. The SMILES string of the molecule is CCCC(C)(CO)NC1CCN(C(C)C)C1. The Labute approximate surface area is 100 Å². The van der Waals surface area contributed by atoms with Gasteiger partial charge in [0.25, 0.3) is 0 Å². The number of rotatable bonds is 6. The van der Waals surface area contributed by atoms with E-state index in [2.05, 4.69) is 37.9 Å². The normalized spacial score (nSPS) is 26.2. The number of aliphatic hydroxyl groups is 1. The van der Waals surface area contributed by atoms with Crippen LogP contribution in [-0.2, 0) is 0 Å². The van der Waals surface area contributed by atoms with Gasteiger partial charge in [0.05, 0.1) is 6.61 Å². The molecular weight excluding hydrogens is 200 g/mol. The summed E-state index contributed by atoms with van der Waals surface area (Å²) in [6, 6.07) is 1.18. The van der Waals surface area contributed by atoms with E-state index < -0.39 is 0 Å². The molecule has 0 saturated carbocycles. The minimum Gasteiger partial charge on any atom is -0.394 e. The van der Waals surface area contributed by atoms with Crippen molar-refractivity contribution in [2.75, 3.05) is 19.7 Å². The van der Waals surface area contributed by atoms with Crippen LogP contribution in [0.4, 0.5) is 0 Å². The topological polar surface area (TPSA) is 35.5 Å². The molecule has 0 bridgehead atoms. The number of aliphatic hydroxyl groups excluding tert-OH is 1. The second kappa shape index (κ2) is 5.99. The first-order chi connectivity index (χ1) is 7.50. The molecule has 1 aliphatic rings. The van der Waals surface area contributed by atoms with Gasteiger partial charge in [0.15, 0.2) is 0 Å². The van der Waals surface area contributed by atoms with Crippen molar-refractivity contribution in [2.24, 2.45) is 0 Å². The highest BCUT2D eigenvalue weighted by Crippen LogP contribution is 2.18. The van der Waals surface area contributed by atoms with Crippen LogP contribution in [0.3, 0.4) is 0 Å². The molecule has 96 valence electrons. The van der Waals surface area contributed by atoms with Gasteiger partial charge < -0.3 is 10.4 Å². The van der Waals surface area contributed by atoms with Gasteiger partial charge in [-0.2, -0.15) is 0 Å². The molecule has 1 aliphatic heterocycles. The molecule has 3 nitrogen and oxygen atoms in total. The fourth-order valence-corrected chi connectivity index (χ4v) is 2.62. The zero-order valence-corrected chi connectivity index (χ0v) is 11.3. The second-order valence-electron chi connectivity index (χ2n) is 5.69. The molecule has 1 rings (SSSR count). The maximum Gasteiger partial charge on any atom is 0.0610 e. The first-order valence-corrected chi connectivity index (χ1v) is 6.63. The van der Waals surface area contributed by atoms with E-state index in [1.807, 2.05) is 0 Å². The quantitative estimate of drug-likeness (QED) is 0.725. The summed E-state index contributed by atoms with van der Waals surface area (Å²) in [6.07, 6.45) is 3.36. The minimum atomic E-state index is -0.0909. The monoisotopic (exact) mass is 228 g/mol. The van der Waals surface area contributed by atoms with Crippen molar-refractivity contribution in [1.82, 2.24) is 10.2 Å². The number of hydrogen-bond acceptors (Lipinski definition) is 3. The van der Waals surface area contributed by atoms with Crippen molar-refractivity contribution in [1.29, 1.82) is 0 Å². The molecule has 2 N–H and O–H groups in total. The Morgan fingerprint density at radius 1 is 1.50 bits per heavy atom. The lowest BCUT2D eigenvalue weighted by atomic mass is 9.96. The second-order valence-corrected chi connectivity index (χ2v) is 5.69. The van der Waals surface area contributed by atoms with E-state index in [1.54, 1.807) is 0 Å². The zero-order valence-electron chi connectivity index (χ0n) is 11.3. The lowest BCUT2D eigenvalue weighted by molar-refractivity contribution is 0.149. The van der Waals surface area contributed by atoms with Gasteiger partial charge in [-0.15, -0.1) is 0 Å². The van der Waals surface area contributed by atoms with Gasteiger partial charge in [0, 0.05) is 24.2 Å². The highest BCUT2D eigenvalue weighted by Gasteiger charge is 2.30. The van der Waals surface area contributed by atoms with Crippen LogP contribution in [0.1, 0.15) is 47.0 Å². The van der Waals surface area contributed by atoms with Crippen LogP contribution in [0.15, 0.2) is 0 Å². The molecule has 3 heteroatoms. The maximum absolute atomic E-state index is 9.48. The molecule has 0 aromatic rings. The number of nitrogens with one attached hydrogen (secondary N) is 1. The third kappa shape index (κ3) is 3.72. The Hall–Kier alpha value is -0.120. The average Bonchev–Trinajstić information content (AvgIpc) is 2.66. The molecule has 1 fully saturated rings. The standard InChI is InChI=1S/C13H28N2O/c1-5-7-13(4,10-16)14-12-6-8-15(9-12)11(2)3/h11-12,14,16H,5-10H2,1-4H3. The van der Waals surface area contributed by atoms with Crippen molar-refractivity contribution < 1.29 is 5.11 Å². The van der Waals surface area contributed by atoms with Gasteiger partial charge >= 0.3 is 0 Å². The third-order valence-electron chi connectivity index (χ3n) is 3.65. The molecule has 0 aliphatic carbocycles. The summed E-state index contributed by atoms with van der Waals surface area (Å²) in [4.78, 5) is 2.50. The number of likely N-dealkylation sites (tertiary alicyclic amines) is 1. The molecule has 0 amide bonds. The van der Waals surface area contributed by atoms with Gasteiger partial charge in [0.1, 0.15) is 0 Å². The minimum absolute atomic E-state index is 0.0909. The fraction of sp³-hybridized carbons (Fsp3) is 1.00. The number of hydrogen-bond donors (Lipinski definition) is 2. The van der Waals surface area contributed by atoms with Crippen molar-refractivity contribution in [2.45, 2.75) is 64.6 Å². The summed E-state index contributed by atoms with van der Waals surface area (Å²) in [6.45, 7) is 11.3. The lowest BCUT2D eigenvalue weighted by Crippen LogP contribution is -2.51. The summed E-state index contributed by atoms with van der Waals surface area (Å²) in [5, 5.41) is 13.1. The van der Waals surface area contributed by atoms with E-state index in [1.165, 1.54) is 13.0 Å². The van der Waals surface area contributed by atoms with Crippen LogP contribution in [0.2, 0.25) is 0 Å². The van der Waals surface area contributed by atoms with E-state index in [0.29, 0.717) is 12.1 Å². The fourth-order valence-electron chi connectivity index (χ4n) is 2.62. The van der Waals surface area contributed by atoms with E-state index in [4.69, 9.17) is 0 Å². The molecule has 1 saturated heterocycles.